The first kappa shape index (κ1) is 19.0. The van der Waals surface area contributed by atoms with E-state index in [1.165, 1.54) is 36.0 Å². The first-order chi connectivity index (χ1) is 13.3. The predicted octanol–water partition coefficient (Wildman–Crippen LogP) is 6.77. The zero-order valence-electron chi connectivity index (χ0n) is 16.5. The Kier molecular flexibility index (Phi) is 6.54. The maximum atomic E-state index is 5.80. The maximum Gasteiger partial charge on any atom is 0.130 e. The molecule has 2 heteroatoms. The van der Waals surface area contributed by atoms with Gasteiger partial charge in [-0.25, -0.2) is 0 Å². The van der Waals surface area contributed by atoms with Gasteiger partial charge in [-0.1, -0.05) is 74.4 Å². The third kappa shape index (κ3) is 4.33. The van der Waals surface area contributed by atoms with Gasteiger partial charge in [0.2, 0.25) is 0 Å². The van der Waals surface area contributed by atoms with Crippen LogP contribution in [0.1, 0.15) is 31.7 Å². The third-order valence-corrected chi connectivity index (χ3v) is 4.92. The summed E-state index contributed by atoms with van der Waals surface area (Å²) in [6.07, 6.45) is 4.68. The maximum absolute atomic E-state index is 5.80. The number of hydrogen-bond donors (Lipinski definition) is 0. The lowest BCUT2D eigenvalue weighted by atomic mass is 9.92. The van der Waals surface area contributed by atoms with Crippen molar-refractivity contribution in [3.05, 3.63) is 72.3 Å². The summed E-state index contributed by atoms with van der Waals surface area (Å²) >= 11 is 0. The molecule has 0 N–H and O–H groups in total. The summed E-state index contributed by atoms with van der Waals surface area (Å²) in [4.78, 5) is 0. The van der Waals surface area contributed by atoms with E-state index in [-0.39, 0.29) is 0 Å². The fourth-order valence-electron chi connectivity index (χ4n) is 3.53. The smallest absolute Gasteiger partial charge is 0.130 e. The lowest BCUT2D eigenvalue weighted by Gasteiger charge is -2.18. The summed E-state index contributed by atoms with van der Waals surface area (Å²) in [7, 11) is 3.47. The summed E-state index contributed by atoms with van der Waals surface area (Å²) in [6, 6.07) is 23.2. The molecule has 0 aliphatic carbocycles. The number of methoxy groups -OCH3 is 2. The van der Waals surface area contributed by atoms with Crippen molar-refractivity contribution in [3.63, 3.8) is 0 Å². The lowest BCUT2D eigenvalue weighted by molar-refractivity contribution is 0.396. The van der Waals surface area contributed by atoms with Crippen molar-refractivity contribution < 1.29 is 9.47 Å². The van der Waals surface area contributed by atoms with Gasteiger partial charge in [0.1, 0.15) is 11.5 Å². The standard InChI is InChI=1S/C25H28O2/c1-4-5-7-12-19-17-23(26-2)25(24(18-19)27-3)22-16-11-10-15-21(22)20-13-8-6-9-14-20/h6,8-11,13-18H,4-5,7,12H2,1-3H3. The highest BCUT2D eigenvalue weighted by molar-refractivity contribution is 5.89. The minimum atomic E-state index is 0.865. The summed E-state index contributed by atoms with van der Waals surface area (Å²) in [5.41, 5.74) is 5.76. The number of hydrogen-bond acceptors (Lipinski definition) is 2. The van der Waals surface area contributed by atoms with Crippen molar-refractivity contribution >= 4 is 0 Å². The summed E-state index contributed by atoms with van der Waals surface area (Å²) < 4.78 is 11.6. The first-order valence-corrected chi connectivity index (χ1v) is 9.68. The van der Waals surface area contributed by atoms with Crippen LogP contribution in [0.4, 0.5) is 0 Å². The molecular weight excluding hydrogens is 332 g/mol. The van der Waals surface area contributed by atoms with Crippen molar-refractivity contribution in [2.45, 2.75) is 32.6 Å². The Bertz CT molecular complexity index is 843. The van der Waals surface area contributed by atoms with Gasteiger partial charge in [-0.15, -0.1) is 0 Å². The molecule has 0 saturated heterocycles. The predicted molar refractivity (Wildman–Crippen MR) is 114 cm³/mol. The largest absolute Gasteiger partial charge is 0.496 e. The molecule has 0 amide bonds. The van der Waals surface area contributed by atoms with Gasteiger partial charge in [0.25, 0.3) is 0 Å². The Hall–Kier alpha value is -2.74. The average molecular weight is 360 g/mol. The molecule has 0 aromatic heterocycles. The molecule has 0 aliphatic rings. The zero-order chi connectivity index (χ0) is 19.1. The molecule has 0 saturated carbocycles. The highest BCUT2D eigenvalue weighted by atomic mass is 16.5. The molecule has 3 rings (SSSR count). The molecule has 0 spiro atoms. The van der Waals surface area contributed by atoms with Crippen molar-refractivity contribution in [2.24, 2.45) is 0 Å². The van der Waals surface area contributed by atoms with Crippen LogP contribution in [-0.4, -0.2) is 14.2 Å². The molecule has 0 unspecified atom stereocenters. The summed E-state index contributed by atoms with van der Waals surface area (Å²) in [5.74, 6) is 1.73. The molecule has 140 valence electrons. The van der Waals surface area contributed by atoms with Crippen LogP contribution in [0.3, 0.4) is 0 Å². The highest BCUT2D eigenvalue weighted by Crippen LogP contribution is 2.44. The Morgan fingerprint density at radius 2 is 1.30 bits per heavy atom. The molecular formula is C25H28O2. The Labute approximate surface area is 162 Å². The van der Waals surface area contributed by atoms with E-state index in [2.05, 4.69) is 67.6 Å². The second-order valence-corrected chi connectivity index (χ2v) is 6.74. The van der Waals surface area contributed by atoms with Crippen LogP contribution in [0.25, 0.3) is 22.3 Å². The van der Waals surface area contributed by atoms with Crippen LogP contribution in [-0.2, 0) is 6.42 Å². The Morgan fingerprint density at radius 3 is 1.89 bits per heavy atom. The molecule has 0 aliphatic heterocycles. The minimum absolute atomic E-state index is 0.865. The number of benzene rings is 3. The highest BCUT2D eigenvalue weighted by Gasteiger charge is 2.18. The summed E-state index contributed by atoms with van der Waals surface area (Å²) in [6.45, 7) is 2.23. The fraction of sp³-hybridized carbons (Fsp3) is 0.280. The topological polar surface area (TPSA) is 18.5 Å². The van der Waals surface area contributed by atoms with E-state index in [0.717, 1.165) is 29.0 Å². The molecule has 3 aromatic carbocycles. The van der Waals surface area contributed by atoms with Gasteiger partial charge >= 0.3 is 0 Å². The van der Waals surface area contributed by atoms with Crippen molar-refractivity contribution in [3.8, 4) is 33.8 Å². The van der Waals surface area contributed by atoms with Gasteiger partial charge in [0.05, 0.1) is 19.8 Å². The van der Waals surface area contributed by atoms with Gasteiger partial charge in [0.15, 0.2) is 0 Å². The van der Waals surface area contributed by atoms with Gasteiger partial charge in [-0.2, -0.15) is 0 Å². The van der Waals surface area contributed by atoms with Crippen molar-refractivity contribution in [2.75, 3.05) is 14.2 Å². The normalized spacial score (nSPS) is 10.6. The molecule has 3 aromatic rings. The molecule has 0 radical (unpaired) electrons. The van der Waals surface area contributed by atoms with Gasteiger partial charge in [-0.3, -0.25) is 0 Å². The molecule has 0 bridgehead atoms. The minimum Gasteiger partial charge on any atom is -0.496 e. The first-order valence-electron chi connectivity index (χ1n) is 9.68. The third-order valence-electron chi connectivity index (χ3n) is 4.92. The van der Waals surface area contributed by atoms with E-state index in [1.807, 2.05) is 6.07 Å². The number of rotatable bonds is 8. The van der Waals surface area contributed by atoms with Crippen molar-refractivity contribution in [1.82, 2.24) is 0 Å². The number of aryl methyl sites for hydroxylation is 1. The molecule has 0 heterocycles. The molecule has 0 fully saturated rings. The van der Waals surface area contributed by atoms with Gasteiger partial charge < -0.3 is 9.47 Å². The van der Waals surface area contributed by atoms with E-state index in [4.69, 9.17) is 9.47 Å². The molecule has 2 nitrogen and oxygen atoms in total. The van der Waals surface area contributed by atoms with E-state index in [0.29, 0.717) is 0 Å². The number of unbranched alkanes of at least 4 members (excludes halogenated alkanes) is 2. The molecule has 27 heavy (non-hydrogen) atoms. The fourth-order valence-corrected chi connectivity index (χ4v) is 3.53. The monoisotopic (exact) mass is 360 g/mol. The second-order valence-electron chi connectivity index (χ2n) is 6.74. The van der Waals surface area contributed by atoms with Gasteiger partial charge in [-0.05, 0) is 47.2 Å². The molecule has 0 atom stereocenters. The number of ether oxygens (including phenoxy) is 2. The van der Waals surface area contributed by atoms with E-state index in [9.17, 15) is 0 Å². The Balaban J connectivity index is 2.12. The van der Waals surface area contributed by atoms with Crippen LogP contribution in [0, 0.1) is 0 Å². The van der Waals surface area contributed by atoms with Crippen molar-refractivity contribution in [1.29, 1.82) is 0 Å². The van der Waals surface area contributed by atoms with Crippen LogP contribution >= 0.6 is 0 Å². The quantitative estimate of drug-likeness (QED) is 0.413. The van der Waals surface area contributed by atoms with E-state index < -0.39 is 0 Å². The van der Waals surface area contributed by atoms with E-state index >= 15 is 0 Å². The van der Waals surface area contributed by atoms with Gasteiger partial charge in [0, 0.05) is 0 Å². The zero-order valence-corrected chi connectivity index (χ0v) is 16.5. The van der Waals surface area contributed by atoms with Crippen LogP contribution in [0.15, 0.2) is 66.7 Å². The SMILES string of the molecule is CCCCCc1cc(OC)c(-c2ccccc2-c2ccccc2)c(OC)c1. The van der Waals surface area contributed by atoms with Crippen LogP contribution < -0.4 is 9.47 Å². The second kappa shape index (κ2) is 9.27. The van der Waals surface area contributed by atoms with E-state index in [1.54, 1.807) is 14.2 Å². The average Bonchev–Trinajstić information content (AvgIpc) is 2.74. The Morgan fingerprint density at radius 1 is 0.704 bits per heavy atom. The summed E-state index contributed by atoms with van der Waals surface area (Å²) in [5, 5.41) is 0. The van der Waals surface area contributed by atoms with Crippen LogP contribution in [0.2, 0.25) is 0 Å². The van der Waals surface area contributed by atoms with Crippen LogP contribution in [0.5, 0.6) is 11.5 Å². The lowest BCUT2D eigenvalue weighted by Crippen LogP contribution is -1.98.